The molecule has 1 amide bonds. The molecule has 0 aliphatic rings. The number of carbonyl (C=O) groups excluding carboxylic acids is 2. The van der Waals surface area contributed by atoms with Gasteiger partial charge in [0.25, 0.3) is 5.91 Å². The van der Waals surface area contributed by atoms with Gasteiger partial charge in [-0.05, 0) is 37.6 Å². The van der Waals surface area contributed by atoms with Crippen molar-refractivity contribution in [3.05, 3.63) is 49.8 Å². The molecule has 0 fully saturated rings. The minimum absolute atomic E-state index is 0.244. The van der Waals surface area contributed by atoms with E-state index in [0.29, 0.717) is 15.6 Å². The fourth-order valence-electron chi connectivity index (χ4n) is 1.90. The molecule has 1 N–H and O–H groups in total. The molecule has 1 aromatic heterocycles. The van der Waals surface area contributed by atoms with Crippen LogP contribution < -0.4 is 5.32 Å². The van der Waals surface area contributed by atoms with E-state index in [-0.39, 0.29) is 10.6 Å². The number of halogens is 2. The molecule has 0 saturated carbocycles. The summed E-state index contributed by atoms with van der Waals surface area (Å²) in [6.45, 7) is 3.68. The van der Waals surface area contributed by atoms with Crippen molar-refractivity contribution in [1.82, 2.24) is 0 Å². The molecular formula is C15H13Cl2NO3S. The number of amides is 1. The van der Waals surface area contributed by atoms with Crippen LogP contribution in [0.15, 0.2) is 18.2 Å². The Kier molecular flexibility index (Phi) is 5.11. The second-order valence-corrected chi connectivity index (χ2v) is 6.63. The Morgan fingerprint density at radius 1 is 1.23 bits per heavy atom. The molecule has 0 aliphatic carbocycles. The molecule has 116 valence electrons. The van der Waals surface area contributed by atoms with Crippen molar-refractivity contribution >= 4 is 51.4 Å². The highest BCUT2D eigenvalue weighted by atomic mass is 35.5. The van der Waals surface area contributed by atoms with Gasteiger partial charge in [0.2, 0.25) is 0 Å². The largest absolute Gasteiger partial charge is 0.465 e. The van der Waals surface area contributed by atoms with E-state index in [9.17, 15) is 9.59 Å². The maximum Gasteiger partial charge on any atom is 0.341 e. The first-order chi connectivity index (χ1) is 10.3. The number of carbonyl (C=O) groups is 2. The second kappa shape index (κ2) is 6.69. The molecule has 2 rings (SSSR count). The van der Waals surface area contributed by atoms with Crippen LogP contribution in [0.25, 0.3) is 0 Å². The summed E-state index contributed by atoms with van der Waals surface area (Å²) in [5, 5.41) is 3.83. The van der Waals surface area contributed by atoms with Gasteiger partial charge in [-0.3, -0.25) is 4.79 Å². The van der Waals surface area contributed by atoms with Crippen LogP contribution in [0, 0.1) is 13.8 Å². The molecule has 1 aromatic carbocycles. The van der Waals surface area contributed by atoms with Gasteiger partial charge in [0.15, 0.2) is 0 Å². The van der Waals surface area contributed by atoms with Crippen LogP contribution in [0.3, 0.4) is 0 Å². The lowest BCUT2D eigenvalue weighted by Gasteiger charge is -2.08. The van der Waals surface area contributed by atoms with E-state index in [1.807, 2.05) is 6.92 Å². The summed E-state index contributed by atoms with van der Waals surface area (Å²) in [5.41, 5.74) is 1.38. The van der Waals surface area contributed by atoms with Crippen LogP contribution >= 0.6 is 34.5 Å². The Balaban J connectivity index is 2.39. The second-order valence-electron chi connectivity index (χ2n) is 4.56. The Morgan fingerprint density at radius 3 is 2.55 bits per heavy atom. The molecular weight excluding hydrogens is 345 g/mol. The van der Waals surface area contributed by atoms with E-state index in [1.54, 1.807) is 19.1 Å². The standard InChI is InChI=1S/C15H13Cl2NO3S/c1-7-8(2)22-14(12(7)15(20)21-3)18-13(19)10-6-9(16)4-5-11(10)17/h4-6H,1-3H3,(H,18,19). The monoisotopic (exact) mass is 357 g/mol. The highest BCUT2D eigenvalue weighted by molar-refractivity contribution is 7.16. The lowest BCUT2D eigenvalue weighted by Crippen LogP contribution is -2.14. The number of nitrogens with one attached hydrogen (secondary N) is 1. The Morgan fingerprint density at radius 2 is 1.91 bits per heavy atom. The molecule has 0 spiro atoms. The van der Waals surface area contributed by atoms with E-state index in [2.05, 4.69) is 5.32 Å². The van der Waals surface area contributed by atoms with Gasteiger partial charge in [-0.25, -0.2) is 4.79 Å². The Labute approximate surface area is 142 Å². The van der Waals surface area contributed by atoms with Gasteiger partial charge in [-0.1, -0.05) is 23.2 Å². The maximum absolute atomic E-state index is 12.4. The topological polar surface area (TPSA) is 55.4 Å². The van der Waals surface area contributed by atoms with Crippen molar-refractivity contribution in [3.8, 4) is 0 Å². The lowest BCUT2D eigenvalue weighted by atomic mass is 10.1. The predicted molar refractivity (Wildman–Crippen MR) is 89.5 cm³/mol. The number of esters is 1. The predicted octanol–water partition coefficient (Wildman–Crippen LogP) is 4.71. The normalized spacial score (nSPS) is 10.4. The first-order valence-electron chi connectivity index (χ1n) is 6.29. The number of ether oxygens (including phenoxy) is 1. The maximum atomic E-state index is 12.4. The van der Waals surface area contributed by atoms with Gasteiger partial charge >= 0.3 is 5.97 Å². The van der Waals surface area contributed by atoms with E-state index < -0.39 is 11.9 Å². The molecule has 1 heterocycles. The zero-order chi connectivity index (χ0) is 16.4. The highest BCUT2D eigenvalue weighted by Gasteiger charge is 2.22. The summed E-state index contributed by atoms with van der Waals surface area (Å²) in [6.07, 6.45) is 0. The summed E-state index contributed by atoms with van der Waals surface area (Å²) in [5.74, 6) is -0.923. The van der Waals surface area contributed by atoms with Crippen LogP contribution in [0.2, 0.25) is 10.0 Å². The molecule has 0 bridgehead atoms. The van der Waals surface area contributed by atoms with E-state index in [4.69, 9.17) is 27.9 Å². The summed E-state index contributed by atoms with van der Waals surface area (Å²) in [4.78, 5) is 25.2. The molecule has 22 heavy (non-hydrogen) atoms. The summed E-state index contributed by atoms with van der Waals surface area (Å²) in [7, 11) is 1.30. The Hall–Kier alpha value is -1.56. The average Bonchev–Trinajstić information content (AvgIpc) is 2.75. The van der Waals surface area contributed by atoms with Gasteiger partial charge < -0.3 is 10.1 Å². The third-order valence-electron chi connectivity index (χ3n) is 3.17. The van der Waals surface area contributed by atoms with E-state index in [0.717, 1.165) is 10.4 Å². The first-order valence-corrected chi connectivity index (χ1v) is 7.87. The number of hydrogen-bond acceptors (Lipinski definition) is 4. The van der Waals surface area contributed by atoms with Crippen molar-refractivity contribution in [3.63, 3.8) is 0 Å². The smallest absolute Gasteiger partial charge is 0.341 e. The quantitative estimate of drug-likeness (QED) is 0.809. The number of rotatable bonds is 3. The number of benzene rings is 1. The van der Waals surface area contributed by atoms with Crippen molar-refractivity contribution in [2.24, 2.45) is 0 Å². The van der Waals surface area contributed by atoms with Crippen molar-refractivity contribution in [2.45, 2.75) is 13.8 Å². The molecule has 7 heteroatoms. The van der Waals surface area contributed by atoms with Crippen molar-refractivity contribution in [1.29, 1.82) is 0 Å². The SMILES string of the molecule is COC(=O)c1c(NC(=O)c2cc(Cl)ccc2Cl)sc(C)c1C. The number of aryl methyl sites for hydroxylation is 1. The number of hydrogen-bond donors (Lipinski definition) is 1. The molecule has 0 atom stereocenters. The van der Waals surface area contributed by atoms with E-state index >= 15 is 0 Å². The minimum atomic E-state index is -0.491. The molecule has 4 nitrogen and oxygen atoms in total. The van der Waals surface area contributed by atoms with Gasteiger partial charge in [0, 0.05) is 9.90 Å². The summed E-state index contributed by atoms with van der Waals surface area (Å²) < 4.78 is 4.77. The number of anilines is 1. The zero-order valence-corrected chi connectivity index (χ0v) is 14.4. The third kappa shape index (κ3) is 3.27. The molecule has 0 aliphatic heterocycles. The molecule has 0 saturated heterocycles. The van der Waals surface area contributed by atoms with Crippen LogP contribution in [0.4, 0.5) is 5.00 Å². The van der Waals surface area contributed by atoms with Gasteiger partial charge in [0.1, 0.15) is 5.00 Å². The van der Waals surface area contributed by atoms with Crippen molar-refractivity contribution < 1.29 is 14.3 Å². The van der Waals surface area contributed by atoms with Crippen LogP contribution in [0.1, 0.15) is 31.2 Å². The lowest BCUT2D eigenvalue weighted by molar-refractivity contribution is 0.0601. The fourth-order valence-corrected chi connectivity index (χ4v) is 3.32. The van der Waals surface area contributed by atoms with Crippen LogP contribution in [-0.2, 0) is 4.74 Å². The fraction of sp³-hybridized carbons (Fsp3) is 0.200. The average molecular weight is 358 g/mol. The van der Waals surface area contributed by atoms with Gasteiger partial charge in [-0.2, -0.15) is 0 Å². The van der Waals surface area contributed by atoms with Crippen molar-refractivity contribution in [2.75, 3.05) is 12.4 Å². The zero-order valence-electron chi connectivity index (χ0n) is 12.1. The number of thiophene rings is 1. The Bertz CT molecular complexity index is 755. The molecule has 2 aromatic rings. The third-order valence-corrected chi connectivity index (χ3v) is 4.86. The van der Waals surface area contributed by atoms with Crippen LogP contribution in [-0.4, -0.2) is 19.0 Å². The first kappa shape index (κ1) is 16.8. The minimum Gasteiger partial charge on any atom is -0.465 e. The number of methoxy groups -OCH3 is 1. The molecule has 0 unspecified atom stereocenters. The van der Waals surface area contributed by atoms with Gasteiger partial charge in [-0.15, -0.1) is 11.3 Å². The summed E-state index contributed by atoms with van der Waals surface area (Å²) >= 11 is 13.2. The summed E-state index contributed by atoms with van der Waals surface area (Å²) in [6, 6.07) is 4.62. The van der Waals surface area contributed by atoms with Crippen LogP contribution in [0.5, 0.6) is 0 Å². The highest BCUT2D eigenvalue weighted by Crippen LogP contribution is 2.33. The molecule has 0 radical (unpaired) electrons. The van der Waals surface area contributed by atoms with Gasteiger partial charge in [0.05, 0.1) is 23.3 Å². The van der Waals surface area contributed by atoms with E-state index in [1.165, 1.54) is 24.5 Å².